The van der Waals surface area contributed by atoms with Gasteiger partial charge < -0.3 is 4.74 Å². The van der Waals surface area contributed by atoms with E-state index in [1.54, 1.807) is 28.9 Å². The van der Waals surface area contributed by atoms with Gasteiger partial charge in [-0.15, -0.1) is 17.9 Å². The number of hydrogen-bond donors (Lipinski definition) is 0. The number of allylic oxidation sites excluding steroid dienone is 1. The molecule has 0 bridgehead atoms. The van der Waals surface area contributed by atoms with Gasteiger partial charge in [-0.3, -0.25) is 14.2 Å². The zero-order chi connectivity index (χ0) is 17.3. The molecule has 1 atom stereocenters. The van der Waals surface area contributed by atoms with Crippen LogP contribution in [0, 0.1) is 0 Å². The van der Waals surface area contributed by atoms with E-state index in [1.165, 1.54) is 35.7 Å². The van der Waals surface area contributed by atoms with E-state index in [9.17, 15) is 9.59 Å². The lowest BCUT2D eigenvalue weighted by Gasteiger charge is -2.14. The maximum Gasteiger partial charge on any atom is 0.318 e. The van der Waals surface area contributed by atoms with E-state index < -0.39 is 5.25 Å². The zero-order valence-corrected chi connectivity index (χ0v) is 15.5. The minimum atomic E-state index is -0.426. The first-order valence-corrected chi connectivity index (χ1v) is 9.67. The smallest absolute Gasteiger partial charge is 0.318 e. The second-order valence-electron chi connectivity index (χ2n) is 5.77. The molecule has 7 heteroatoms. The highest BCUT2D eigenvalue weighted by Crippen LogP contribution is 2.35. The topological polar surface area (TPSA) is 61.2 Å². The van der Waals surface area contributed by atoms with Crippen LogP contribution in [-0.2, 0) is 28.9 Å². The number of ether oxygens (including phenoxy) is 1. The summed E-state index contributed by atoms with van der Waals surface area (Å²) < 4.78 is 6.39. The summed E-state index contributed by atoms with van der Waals surface area (Å²) in [6.45, 7) is 5.87. The third-order valence-electron chi connectivity index (χ3n) is 4.17. The van der Waals surface area contributed by atoms with Crippen LogP contribution in [0.15, 0.2) is 22.6 Å². The number of esters is 1. The highest BCUT2D eigenvalue weighted by atomic mass is 32.2. The summed E-state index contributed by atoms with van der Waals surface area (Å²) in [7, 11) is 1.36. The number of hydrogen-bond acceptors (Lipinski definition) is 6. The van der Waals surface area contributed by atoms with Crippen LogP contribution in [-0.4, -0.2) is 27.9 Å². The normalized spacial score (nSPS) is 15.1. The summed E-state index contributed by atoms with van der Waals surface area (Å²) in [4.78, 5) is 31.5. The number of fused-ring (bicyclic) bond motifs is 3. The Hall–Kier alpha value is -1.60. The van der Waals surface area contributed by atoms with Crippen molar-refractivity contribution in [1.29, 1.82) is 0 Å². The van der Waals surface area contributed by atoms with E-state index in [1.807, 2.05) is 0 Å². The molecule has 0 aromatic carbocycles. The van der Waals surface area contributed by atoms with Crippen LogP contribution in [0.25, 0.3) is 10.2 Å². The van der Waals surface area contributed by atoms with Gasteiger partial charge in [-0.05, 0) is 38.2 Å². The average molecular weight is 364 g/mol. The largest absolute Gasteiger partial charge is 0.468 e. The second kappa shape index (κ2) is 7.11. The van der Waals surface area contributed by atoms with Gasteiger partial charge in [0.15, 0.2) is 5.16 Å². The molecule has 0 aliphatic heterocycles. The summed E-state index contributed by atoms with van der Waals surface area (Å²) in [6, 6.07) is 0. The molecule has 2 aromatic rings. The Kier molecular flexibility index (Phi) is 5.10. The van der Waals surface area contributed by atoms with Crippen molar-refractivity contribution in [3.63, 3.8) is 0 Å². The Morgan fingerprint density at radius 3 is 2.96 bits per heavy atom. The maximum atomic E-state index is 13.0. The molecule has 0 fully saturated rings. The predicted molar refractivity (Wildman–Crippen MR) is 98.1 cm³/mol. The Balaban J connectivity index is 2.14. The molecule has 0 amide bonds. The molecule has 2 heterocycles. The minimum absolute atomic E-state index is 0.0288. The Labute approximate surface area is 148 Å². The lowest BCUT2D eigenvalue weighted by Crippen LogP contribution is -2.25. The number of methoxy groups -OCH3 is 1. The van der Waals surface area contributed by atoms with Gasteiger partial charge in [0.2, 0.25) is 0 Å². The first kappa shape index (κ1) is 17.2. The van der Waals surface area contributed by atoms with Crippen molar-refractivity contribution >= 4 is 39.3 Å². The van der Waals surface area contributed by atoms with Crippen LogP contribution >= 0.6 is 23.1 Å². The van der Waals surface area contributed by atoms with E-state index in [2.05, 4.69) is 6.58 Å². The molecule has 24 heavy (non-hydrogen) atoms. The minimum Gasteiger partial charge on any atom is -0.468 e. The fourth-order valence-electron chi connectivity index (χ4n) is 2.97. The summed E-state index contributed by atoms with van der Waals surface area (Å²) in [5.74, 6) is -0.329. The van der Waals surface area contributed by atoms with Crippen LogP contribution in [0.5, 0.6) is 0 Å². The Bertz CT molecular complexity index is 854. The number of thiophene rings is 1. The van der Waals surface area contributed by atoms with Gasteiger partial charge >= 0.3 is 5.97 Å². The molecular formula is C17H20N2O3S2. The Morgan fingerprint density at radius 2 is 2.25 bits per heavy atom. The third kappa shape index (κ3) is 3.02. The van der Waals surface area contributed by atoms with Crippen molar-refractivity contribution in [1.82, 2.24) is 9.55 Å². The highest BCUT2D eigenvalue weighted by molar-refractivity contribution is 8.00. The van der Waals surface area contributed by atoms with Crippen molar-refractivity contribution in [3.8, 4) is 0 Å². The number of nitrogens with zero attached hydrogens (tertiary/aromatic N) is 2. The van der Waals surface area contributed by atoms with Gasteiger partial charge in [0.25, 0.3) is 5.56 Å². The molecule has 0 saturated carbocycles. The summed E-state index contributed by atoms with van der Waals surface area (Å²) >= 11 is 2.87. The van der Waals surface area contributed by atoms with Crippen LogP contribution in [0.4, 0.5) is 0 Å². The van der Waals surface area contributed by atoms with Gasteiger partial charge in [-0.1, -0.05) is 17.8 Å². The molecular weight excluding hydrogens is 344 g/mol. The molecule has 0 N–H and O–H groups in total. The molecule has 0 spiro atoms. The molecule has 2 aromatic heterocycles. The number of aromatic nitrogens is 2. The van der Waals surface area contributed by atoms with Gasteiger partial charge in [0.1, 0.15) is 10.1 Å². The number of aryl methyl sites for hydroxylation is 2. The maximum absolute atomic E-state index is 13.0. The molecule has 3 rings (SSSR count). The number of thioether (sulfide) groups is 1. The SMILES string of the molecule is C=CCn1c(SC(C)C(=O)OC)nc2sc3c(c2c1=O)CCCC3. The average Bonchev–Trinajstić information content (AvgIpc) is 2.95. The van der Waals surface area contributed by atoms with Crippen LogP contribution < -0.4 is 5.56 Å². The molecule has 5 nitrogen and oxygen atoms in total. The molecule has 0 radical (unpaired) electrons. The zero-order valence-electron chi connectivity index (χ0n) is 13.8. The number of rotatable bonds is 5. The van der Waals surface area contributed by atoms with Crippen molar-refractivity contribution in [2.24, 2.45) is 0 Å². The summed E-state index contributed by atoms with van der Waals surface area (Å²) in [5.41, 5.74) is 1.15. The number of carbonyl (C=O) groups excluding carboxylic acids is 1. The fraction of sp³-hybridized carbons (Fsp3) is 0.471. The van der Waals surface area contributed by atoms with Crippen molar-refractivity contribution in [3.05, 3.63) is 33.4 Å². The van der Waals surface area contributed by atoms with E-state index in [0.717, 1.165) is 29.5 Å². The third-order valence-corrected chi connectivity index (χ3v) is 6.42. The van der Waals surface area contributed by atoms with E-state index in [-0.39, 0.29) is 11.5 Å². The molecule has 1 aliphatic carbocycles. The van der Waals surface area contributed by atoms with E-state index in [0.29, 0.717) is 11.7 Å². The lowest BCUT2D eigenvalue weighted by atomic mass is 9.97. The first-order valence-electron chi connectivity index (χ1n) is 7.97. The standard InChI is InChI=1S/C17H20N2O3S2/c1-4-9-19-15(20)13-11-7-5-6-8-12(11)24-14(13)18-17(19)23-10(2)16(21)22-3/h4,10H,1,5-9H2,2-3H3. The van der Waals surface area contributed by atoms with Crippen LogP contribution in [0.2, 0.25) is 0 Å². The van der Waals surface area contributed by atoms with E-state index in [4.69, 9.17) is 9.72 Å². The van der Waals surface area contributed by atoms with Crippen LogP contribution in [0.1, 0.15) is 30.2 Å². The molecule has 1 aliphatic rings. The molecule has 128 valence electrons. The predicted octanol–water partition coefficient (Wildman–Crippen LogP) is 3.18. The van der Waals surface area contributed by atoms with Crippen molar-refractivity contribution in [2.75, 3.05) is 7.11 Å². The van der Waals surface area contributed by atoms with Gasteiger partial charge in [-0.2, -0.15) is 0 Å². The lowest BCUT2D eigenvalue weighted by molar-refractivity contribution is -0.139. The van der Waals surface area contributed by atoms with E-state index >= 15 is 0 Å². The number of carbonyl (C=O) groups is 1. The monoisotopic (exact) mass is 364 g/mol. The quantitative estimate of drug-likeness (QED) is 0.353. The highest BCUT2D eigenvalue weighted by Gasteiger charge is 2.24. The van der Waals surface area contributed by atoms with Crippen molar-refractivity contribution < 1.29 is 9.53 Å². The van der Waals surface area contributed by atoms with Gasteiger partial charge in [-0.25, -0.2) is 4.98 Å². The van der Waals surface area contributed by atoms with Crippen LogP contribution in [0.3, 0.4) is 0 Å². The second-order valence-corrected chi connectivity index (χ2v) is 8.16. The first-order chi connectivity index (χ1) is 11.6. The fourth-order valence-corrected chi connectivity index (χ4v) is 5.22. The summed E-state index contributed by atoms with van der Waals surface area (Å²) in [5, 5.41) is 0.875. The summed E-state index contributed by atoms with van der Waals surface area (Å²) in [6.07, 6.45) is 5.95. The molecule has 1 unspecified atom stereocenters. The van der Waals surface area contributed by atoms with Gasteiger partial charge in [0.05, 0.1) is 12.5 Å². The van der Waals surface area contributed by atoms with Gasteiger partial charge in [0, 0.05) is 11.4 Å². The molecule has 0 saturated heterocycles. The van der Waals surface area contributed by atoms with Crippen molar-refractivity contribution in [2.45, 2.75) is 49.6 Å². The Morgan fingerprint density at radius 1 is 1.50 bits per heavy atom.